The molecule has 0 aromatic heterocycles. The van der Waals surface area contributed by atoms with Crippen molar-refractivity contribution in [2.75, 3.05) is 0 Å². The maximum atomic E-state index is 4.24. The Labute approximate surface area is 81.3 Å². The van der Waals surface area contributed by atoms with Gasteiger partial charge in [0.1, 0.15) is 0 Å². The Balaban J connectivity index is 2.52. The van der Waals surface area contributed by atoms with Crippen LogP contribution in [0, 0.1) is 5.92 Å². The van der Waals surface area contributed by atoms with Crippen LogP contribution in [0.15, 0.2) is 23.1 Å². The predicted octanol–water partition coefficient (Wildman–Crippen LogP) is 3.20. The summed E-state index contributed by atoms with van der Waals surface area (Å²) in [5, 5.41) is 0. The summed E-state index contributed by atoms with van der Waals surface area (Å²) in [5.41, 5.74) is 0. The summed E-state index contributed by atoms with van der Waals surface area (Å²) < 4.78 is 0.728. The molecule has 0 spiro atoms. The molecule has 0 aliphatic heterocycles. The maximum Gasteiger partial charge on any atom is 0.0147 e. The molecule has 0 aromatic carbocycles. The quantitative estimate of drug-likeness (QED) is 0.420. The van der Waals surface area contributed by atoms with Crippen LogP contribution in [0.1, 0.15) is 13.3 Å². The van der Waals surface area contributed by atoms with Gasteiger partial charge in [0.25, 0.3) is 0 Å². The van der Waals surface area contributed by atoms with E-state index in [0.717, 1.165) is 21.2 Å². The van der Waals surface area contributed by atoms with Crippen LogP contribution in [0.25, 0.3) is 0 Å². The molecule has 0 nitrogen and oxygen atoms in total. The fraction of sp³-hybridized carbons (Fsp3) is 0.500. The molecule has 0 radical (unpaired) electrons. The van der Waals surface area contributed by atoms with Crippen LogP contribution < -0.4 is 0 Å². The second-order valence-corrected chi connectivity index (χ2v) is 5.05. The molecule has 0 saturated heterocycles. The Morgan fingerprint density at radius 2 is 2.50 bits per heavy atom. The molecule has 1 aliphatic carbocycles. The number of halogens is 1. The summed E-state index contributed by atoms with van der Waals surface area (Å²) in [6.45, 7) is 2.24. The van der Waals surface area contributed by atoms with Crippen molar-refractivity contribution in [2.24, 2.45) is 5.92 Å². The first-order chi connectivity index (χ1) is 4.70. The maximum absolute atomic E-state index is 4.24. The van der Waals surface area contributed by atoms with E-state index < -0.39 is 0 Å². The number of hydrogen-bond acceptors (Lipinski definition) is 1. The van der Waals surface area contributed by atoms with Crippen molar-refractivity contribution in [3.05, 3.63) is 23.1 Å². The zero-order chi connectivity index (χ0) is 7.56. The van der Waals surface area contributed by atoms with Gasteiger partial charge in [-0.2, -0.15) is 0 Å². The fourth-order valence-corrected chi connectivity index (χ4v) is 1.69. The fourth-order valence-electron chi connectivity index (χ4n) is 0.966. The van der Waals surface area contributed by atoms with Gasteiger partial charge in [-0.15, -0.1) is 12.6 Å². The molecule has 1 rings (SSSR count). The first-order valence-corrected chi connectivity index (χ1v) is 5.11. The first-order valence-electron chi connectivity index (χ1n) is 3.41. The van der Waals surface area contributed by atoms with E-state index in [2.05, 4.69) is 60.4 Å². The van der Waals surface area contributed by atoms with E-state index in [1.54, 1.807) is 0 Å². The van der Waals surface area contributed by atoms with Crippen molar-refractivity contribution in [1.82, 2.24) is 0 Å². The molecule has 0 heterocycles. The van der Waals surface area contributed by atoms with Crippen molar-refractivity contribution >= 4 is 35.2 Å². The van der Waals surface area contributed by atoms with Gasteiger partial charge in [0.05, 0.1) is 0 Å². The number of alkyl halides is 1. The summed E-state index contributed by atoms with van der Waals surface area (Å²) in [4.78, 5) is 1.10. The minimum atomic E-state index is 0.719. The number of rotatable bonds is 1. The number of allylic oxidation sites excluding steroid dienone is 3. The average molecular weight is 266 g/mol. The van der Waals surface area contributed by atoms with Crippen LogP contribution in [-0.4, -0.2) is 3.92 Å². The zero-order valence-electron chi connectivity index (χ0n) is 5.92. The third kappa shape index (κ3) is 2.31. The van der Waals surface area contributed by atoms with Gasteiger partial charge in [0, 0.05) is 3.92 Å². The molecule has 0 bridgehead atoms. The molecular formula is C8H11IS. The van der Waals surface area contributed by atoms with Crippen molar-refractivity contribution in [3.8, 4) is 0 Å². The normalized spacial score (nSPS) is 27.9. The van der Waals surface area contributed by atoms with E-state index >= 15 is 0 Å². The molecule has 10 heavy (non-hydrogen) atoms. The van der Waals surface area contributed by atoms with Gasteiger partial charge in [-0.1, -0.05) is 47.7 Å². The molecule has 1 aliphatic rings. The van der Waals surface area contributed by atoms with E-state index in [9.17, 15) is 0 Å². The topological polar surface area (TPSA) is 0 Å². The van der Waals surface area contributed by atoms with Crippen LogP contribution >= 0.6 is 35.2 Å². The Bertz CT molecular complexity index is 170. The van der Waals surface area contributed by atoms with Gasteiger partial charge < -0.3 is 0 Å². The monoisotopic (exact) mass is 266 g/mol. The summed E-state index contributed by atoms with van der Waals surface area (Å²) in [6, 6.07) is 0. The minimum Gasteiger partial charge on any atom is -0.144 e. The van der Waals surface area contributed by atoms with E-state index in [1.165, 1.54) is 0 Å². The lowest BCUT2D eigenvalue weighted by atomic mass is 9.98. The van der Waals surface area contributed by atoms with Gasteiger partial charge in [-0.05, 0) is 17.2 Å². The first kappa shape index (κ1) is 8.65. The molecule has 0 amide bonds. The number of hydrogen-bond donors (Lipinski definition) is 1. The molecule has 2 atom stereocenters. The molecule has 0 saturated carbocycles. The second-order valence-electron chi connectivity index (χ2n) is 2.57. The second kappa shape index (κ2) is 3.81. The lowest BCUT2D eigenvalue weighted by Gasteiger charge is -2.16. The summed E-state index contributed by atoms with van der Waals surface area (Å²) >= 11 is 6.71. The SMILES string of the molecule is CC(I)C1C=CC(S)=CC1. The van der Waals surface area contributed by atoms with Crippen molar-refractivity contribution < 1.29 is 0 Å². The van der Waals surface area contributed by atoms with Crippen LogP contribution in [0.3, 0.4) is 0 Å². The van der Waals surface area contributed by atoms with E-state index in [1.807, 2.05) is 0 Å². The summed E-state index contributed by atoms with van der Waals surface area (Å²) in [6.07, 6.45) is 7.67. The van der Waals surface area contributed by atoms with Crippen LogP contribution in [-0.2, 0) is 0 Å². The molecular weight excluding hydrogens is 255 g/mol. The van der Waals surface area contributed by atoms with E-state index in [0.29, 0.717) is 0 Å². The highest BCUT2D eigenvalue weighted by atomic mass is 127. The lowest BCUT2D eigenvalue weighted by Crippen LogP contribution is -2.08. The highest BCUT2D eigenvalue weighted by Gasteiger charge is 2.11. The average Bonchev–Trinajstić information content (AvgIpc) is 1.88. The third-order valence-electron chi connectivity index (χ3n) is 1.70. The Morgan fingerprint density at radius 3 is 2.90 bits per heavy atom. The predicted molar refractivity (Wildman–Crippen MR) is 57.8 cm³/mol. The molecule has 0 aromatic rings. The van der Waals surface area contributed by atoms with Gasteiger partial charge in [0.2, 0.25) is 0 Å². The van der Waals surface area contributed by atoms with E-state index in [4.69, 9.17) is 0 Å². The standard InChI is InChI=1S/C8H11IS/c1-6(9)7-2-4-8(10)5-3-7/h2,4-7,10H,3H2,1H3. The Kier molecular flexibility index (Phi) is 3.30. The lowest BCUT2D eigenvalue weighted by molar-refractivity contribution is 0.665. The van der Waals surface area contributed by atoms with Crippen LogP contribution in [0.5, 0.6) is 0 Å². The zero-order valence-corrected chi connectivity index (χ0v) is 8.97. The highest BCUT2D eigenvalue weighted by Crippen LogP contribution is 2.24. The van der Waals surface area contributed by atoms with Gasteiger partial charge in [-0.3, -0.25) is 0 Å². The molecule has 56 valence electrons. The van der Waals surface area contributed by atoms with Crippen molar-refractivity contribution in [3.63, 3.8) is 0 Å². The molecule has 2 unspecified atom stereocenters. The van der Waals surface area contributed by atoms with Crippen molar-refractivity contribution in [2.45, 2.75) is 17.3 Å². The highest BCUT2D eigenvalue weighted by molar-refractivity contribution is 14.1. The Morgan fingerprint density at radius 1 is 1.80 bits per heavy atom. The van der Waals surface area contributed by atoms with Gasteiger partial charge in [-0.25, -0.2) is 0 Å². The minimum absolute atomic E-state index is 0.719. The van der Waals surface area contributed by atoms with E-state index in [-0.39, 0.29) is 0 Å². The molecule has 0 fully saturated rings. The summed E-state index contributed by atoms with van der Waals surface area (Å²) in [7, 11) is 0. The molecule has 2 heteroatoms. The van der Waals surface area contributed by atoms with Crippen LogP contribution in [0.4, 0.5) is 0 Å². The molecule has 0 N–H and O–H groups in total. The number of thiol groups is 1. The smallest absolute Gasteiger partial charge is 0.0147 e. The van der Waals surface area contributed by atoms with Gasteiger partial charge >= 0.3 is 0 Å². The van der Waals surface area contributed by atoms with Gasteiger partial charge in [0.15, 0.2) is 0 Å². The Hall–Kier alpha value is 0.560. The summed E-state index contributed by atoms with van der Waals surface area (Å²) in [5.74, 6) is 0.719. The third-order valence-corrected chi connectivity index (χ3v) is 2.96. The largest absolute Gasteiger partial charge is 0.144 e. The van der Waals surface area contributed by atoms with Crippen molar-refractivity contribution in [1.29, 1.82) is 0 Å². The van der Waals surface area contributed by atoms with Crippen LogP contribution in [0.2, 0.25) is 0 Å².